The lowest BCUT2D eigenvalue weighted by atomic mass is 10.2. The van der Waals surface area contributed by atoms with Crippen molar-refractivity contribution in [3.8, 4) is 0 Å². The minimum Gasteiger partial charge on any atom is -0.370 e. The first-order chi connectivity index (χ1) is 8.33. The van der Waals surface area contributed by atoms with Crippen LogP contribution in [0.4, 0.5) is 5.95 Å². The van der Waals surface area contributed by atoms with Crippen molar-refractivity contribution in [3.63, 3.8) is 0 Å². The van der Waals surface area contributed by atoms with Gasteiger partial charge < -0.3 is 15.0 Å². The van der Waals surface area contributed by atoms with Crippen LogP contribution in [-0.4, -0.2) is 47.5 Å². The lowest BCUT2D eigenvalue weighted by Gasteiger charge is -2.30. The molecule has 0 bridgehead atoms. The SMILES string of the molecule is CC1CN(c2n[nH]c(C3CCCO3)n2)CCN1. The van der Waals surface area contributed by atoms with Crippen LogP contribution in [0.3, 0.4) is 0 Å². The largest absolute Gasteiger partial charge is 0.370 e. The molecule has 1 aromatic rings. The average Bonchev–Trinajstić information content (AvgIpc) is 3.00. The molecule has 0 aliphatic carbocycles. The lowest BCUT2D eigenvalue weighted by Crippen LogP contribution is -2.49. The van der Waals surface area contributed by atoms with E-state index in [0.717, 1.165) is 50.9 Å². The summed E-state index contributed by atoms with van der Waals surface area (Å²) in [6.07, 6.45) is 2.29. The van der Waals surface area contributed by atoms with Gasteiger partial charge in [-0.3, -0.25) is 5.10 Å². The molecule has 2 atom stereocenters. The quantitative estimate of drug-likeness (QED) is 0.782. The first kappa shape index (κ1) is 11.0. The van der Waals surface area contributed by atoms with Crippen LogP contribution in [0.2, 0.25) is 0 Å². The zero-order chi connectivity index (χ0) is 11.7. The Kier molecular flexibility index (Phi) is 2.98. The van der Waals surface area contributed by atoms with Gasteiger partial charge in [0.1, 0.15) is 6.10 Å². The van der Waals surface area contributed by atoms with Crippen LogP contribution in [-0.2, 0) is 4.74 Å². The molecule has 1 aromatic heterocycles. The van der Waals surface area contributed by atoms with Crippen molar-refractivity contribution in [2.24, 2.45) is 0 Å². The molecule has 2 unspecified atom stereocenters. The van der Waals surface area contributed by atoms with Gasteiger partial charge in [-0.15, -0.1) is 5.10 Å². The van der Waals surface area contributed by atoms with Gasteiger partial charge in [0.2, 0.25) is 5.95 Å². The van der Waals surface area contributed by atoms with Crippen LogP contribution in [0, 0.1) is 0 Å². The number of nitrogens with one attached hydrogen (secondary N) is 2. The number of piperazine rings is 1. The maximum Gasteiger partial charge on any atom is 0.244 e. The van der Waals surface area contributed by atoms with Gasteiger partial charge in [-0.2, -0.15) is 4.98 Å². The second-order valence-corrected chi connectivity index (χ2v) is 4.82. The van der Waals surface area contributed by atoms with Gasteiger partial charge in [0.25, 0.3) is 0 Å². The molecule has 2 aliphatic rings. The van der Waals surface area contributed by atoms with Crippen molar-refractivity contribution in [2.75, 3.05) is 31.1 Å². The number of aromatic amines is 1. The van der Waals surface area contributed by atoms with Crippen molar-refractivity contribution in [2.45, 2.75) is 31.9 Å². The summed E-state index contributed by atoms with van der Waals surface area (Å²) in [7, 11) is 0. The highest BCUT2D eigenvalue weighted by atomic mass is 16.5. The molecule has 17 heavy (non-hydrogen) atoms. The van der Waals surface area contributed by atoms with Crippen LogP contribution in [0.15, 0.2) is 0 Å². The molecule has 0 amide bonds. The highest BCUT2D eigenvalue weighted by Crippen LogP contribution is 2.26. The fourth-order valence-corrected chi connectivity index (χ4v) is 2.46. The summed E-state index contributed by atoms with van der Waals surface area (Å²) < 4.78 is 5.60. The number of anilines is 1. The van der Waals surface area contributed by atoms with E-state index in [1.807, 2.05) is 0 Å². The van der Waals surface area contributed by atoms with Crippen LogP contribution in [0.1, 0.15) is 31.7 Å². The molecule has 2 fully saturated rings. The van der Waals surface area contributed by atoms with Gasteiger partial charge in [0.05, 0.1) is 0 Å². The molecule has 2 N–H and O–H groups in total. The van der Waals surface area contributed by atoms with Crippen LogP contribution in [0.5, 0.6) is 0 Å². The Labute approximate surface area is 101 Å². The molecule has 0 saturated carbocycles. The Morgan fingerprint density at radius 2 is 2.41 bits per heavy atom. The highest BCUT2D eigenvalue weighted by Gasteiger charge is 2.24. The van der Waals surface area contributed by atoms with E-state index in [0.29, 0.717) is 6.04 Å². The van der Waals surface area contributed by atoms with E-state index in [9.17, 15) is 0 Å². The average molecular weight is 237 g/mol. The van der Waals surface area contributed by atoms with Gasteiger partial charge in [-0.1, -0.05) is 0 Å². The Balaban J connectivity index is 1.70. The standard InChI is InChI=1S/C11H19N5O/c1-8-7-16(5-4-12-8)11-13-10(14-15-11)9-3-2-6-17-9/h8-9,12H,2-7H2,1H3,(H,13,14,15). The summed E-state index contributed by atoms with van der Waals surface area (Å²) in [6, 6.07) is 0.494. The molecule has 3 heterocycles. The molecular formula is C11H19N5O. The van der Waals surface area contributed by atoms with Crippen LogP contribution in [0.25, 0.3) is 0 Å². The third-order valence-corrected chi connectivity index (χ3v) is 3.38. The third kappa shape index (κ3) is 2.28. The summed E-state index contributed by atoms with van der Waals surface area (Å²) in [4.78, 5) is 6.78. The normalized spacial score (nSPS) is 29.8. The molecule has 3 rings (SSSR count). The smallest absolute Gasteiger partial charge is 0.244 e. The number of rotatable bonds is 2. The van der Waals surface area contributed by atoms with Crippen molar-refractivity contribution < 1.29 is 4.74 Å². The lowest BCUT2D eigenvalue weighted by molar-refractivity contribution is 0.105. The third-order valence-electron chi connectivity index (χ3n) is 3.38. The molecule has 2 saturated heterocycles. The van der Waals surface area contributed by atoms with Gasteiger partial charge in [-0.05, 0) is 19.8 Å². The maximum absolute atomic E-state index is 5.60. The number of hydrogen-bond acceptors (Lipinski definition) is 5. The molecule has 0 radical (unpaired) electrons. The first-order valence-corrected chi connectivity index (χ1v) is 6.35. The Hall–Kier alpha value is -1.14. The van der Waals surface area contributed by atoms with E-state index < -0.39 is 0 Å². The molecule has 94 valence electrons. The summed E-state index contributed by atoms with van der Waals surface area (Å²) in [5, 5.41) is 10.7. The molecule has 0 spiro atoms. The Bertz CT molecular complexity index is 374. The first-order valence-electron chi connectivity index (χ1n) is 6.35. The van der Waals surface area contributed by atoms with E-state index >= 15 is 0 Å². The summed E-state index contributed by atoms with van der Waals surface area (Å²) in [5.74, 6) is 1.69. The summed E-state index contributed by atoms with van der Waals surface area (Å²) >= 11 is 0. The number of hydrogen-bond donors (Lipinski definition) is 2. The summed E-state index contributed by atoms with van der Waals surface area (Å²) in [6.45, 7) is 5.94. The number of nitrogens with zero attached hydrogens (tertiary/aromatic N) is 3. The highest BCUT2D eigenvalue weighted by molar-refractivity contribution is 5.30. The summed E-state index contributed by atoms with van der Waals surface area (Å²) in [5.41, 5.74) is 0. The molecule has 6 heteroatoms. The van der Waals surface area contributed by atoms with Crippen molar-refractivity contribution in [1.82, 2.24) is 20.5 Å². The van der Waals surface area contributed by atoms with Crippen molar-refractivity contribution >= 4 is 5.95 Å². The molecule has 2 aliphatic heterocycles. The predicted molar refractivity (Wildman–Crippen MR) is 64.0 cm³/mol. The van der Waals surface area contributed by atoms with E-state index in [2.05, 4.69) is 32.3 Å². The number of H-pyrrole nitrogens is 1. The monoisotopic (exact) mass is 237 g/mol. The van der Waals surface area contributed by atoms with Gasteiger partial charge in [-0.25, -0.2) is 0 Å². The Morgan fingerprint density at radius 3 is 3.18 bits per heavy atom. The number of ether oxygens (including phenoxy) is 1. The zero-order valence-electron chi connectivity index (χ0n) is 10.1. The van der Waals surface area contributed by atoms with Gasteiger partial charge in [0, 0.05) is 32.3 Å². The molecular weight excluding hydrogens is 218 g/mol. The zero-order valence-corrected chi connectivity index (χ0v) is 10.1. The van der Waals surface area contributed by atoms with Crippen LogP contribution >= 0.6 is 0 Å². The topological polar surface area (TPSA) is 66.1 Å². The molecule has 0 aromatic carbocycles. The van der Waals surface area contributed by atoms with Crippen molar-refractivity contribution in [3.05, 3.63) is 5.82 Å². The van der Waals surface area contributed by atoms with E-state index in [-0.39, 0.29) is 6.10 Å². The van der Waals surface area contributed by atoms with E-state index in [1.165, 1.54) is 0 Å². The minimum atomic E-state index is 0.122. The Morgan fingerprint density at radius 1 is 1.47 bits per heavy atom. The fourth-order valence-electron chi connectivity index (χ4n) is 2.46. The fraction of sp³-hybridized carbons (Fsp3) is 0.818. The van der Waals surface area contributed by atoms with Crippen molar-refractivity contribution in [1.29, 1.82) is 0 Å². The van der Waals surface area contributed by atoms with Gasteiger partial charge >= 0.3 is 0 Å². The predicted octanol–water partition coefficient (Wildman–Crippen LogP) is 0.454. The maximum atomic E-state index is 5.60. The van der Waals surface area contributed by atoms with E-state index in [1.54, 1.807) is 0 Å². The van der Waals surface area contributed by atoms with E-state index in [4.69, 9.17) is 4.74 Å². The number of aromatic nitrogens is 3. The van der Waals surface area contributed by atoms with Gasteiger partial charge in [0.15, 0.2) is 5.82 Å². The minimum absolute atomic E-state index is 0.122. The van der Waals surface area contributed by atoms with Crippen LogP contribution < -0.4 is 10.2 Å². The molecule has 6 nitrogen and oxygen atoms in total. The second kappa shape index (κ2) is 4.62. The second-order valence-electron chi connectivity index (χ2n) is 4.82.